The summed E-state index contributed by atoms with van der Waals surface area (Å²) in [4.78, 5) is 15.4. The van der Waals surface area contributed by atoms with Crippen molar-refractivity contribution >= 4 is 5.91 Å². The molecule has 1 aromatic rings. The molecule has 6 nitrogen and oxygen atoms in total. The van der Waals surface area contributed by atoms with Gasteiger partial charge in [-0.25, -0.2) is 0 Å². The van der Waals surface area contributed by atoms with Gasteiger partial charge in [-0.05, 0) is 70.2 Å². The molecule has 1 aromatic carbocycles. The van der Waals surface area contributed by atoms with Gasteiger partial charge in [0.15, 0.2) is 11.5 Å². The molecule has 1 aliphatic heterocycles. The summed E-state index contributed by atoms with van der Waals surface area (Å²) in [7, 11) is 1.68. The van der Waals surface area contributed by atoms with Crippen LogP contribution in [0.3, 0.4) is 0 Å². The largest absolute Gasteiger partial charge is 0.490 e. The Kier molecular flexibility index (Phi) is 8.19. The van der Waals surface area contributed by atoms with Crippen LogP contribution in [0.2, 0.25) is 0 Å². The van der Waals surface area contributed by atoms with Crippen LogP contribution in [0.25, 0.3) is 0 Å². The minimum absolute atomic E-state index is 0.0594. The van der Waals surface area contributed by atoms with E-state index >= 15 is 0 Å². The van der Waals surface area contributed by atoms with Gasteiger partial charge >= 0.3 is 0 Å². The second kappa shape index (κ2) is 10.8. The number of hydrogen-bond acceptors (Lipinski definition) is 5. The molecule has 3 rings (SSSR count). The zero-order valence-electron chi connectivity index (χ0n) is 18.1. The van der Waals surface area contributed by atoms with Crippen molar-refractivity contribution in [1.82, 2.24) is 10.2 Å². The molecular formula is C23H36N2O4. The number of ether oxygens (including phenoxy) is 3. The Labute approximate surface area is 174 Å². The smallest absolute Gasteiger partial charge is 0.254 e. The highest BCUT2D eigenvalue weighted by Gasteiger charge is 2.29. The van der Waals surface area contributed by atoms with Crippen molar-refractivity contribution in [2.75, 3.05) is 40.0 Å². The number of rotatable bonds is 11. The highest BCUT2D eigenvalue weighted by atomic mass is 16.5. The Bertz CT molecular complexity index is 654. The minimum atomic E-state index is 0.0594. The van der Waals surface area contributed by atoms with Crippen LogP contribution in [0, 0.1) is 5.92 Å². The van der Waals surface area contributed by atoms with Gasteiger partial charge in [0, 0.05) is 44.3 Å². The Morgan fingerprint density at radius 2 is 2.00 bits per heavy atom. The number of piperidine rings is 1. The quantitative estimate of drug-likeness (QED) is 0.572. The van der Waals surface area contributed by atoms with Crippen molar-refractivity contribution in [2.45, 2.75) is 58.0 Å². The van der Waals surface area contributed by atoms with Gasteiger partial charge in [-0.3, -0.25) is 4.79 Å². The predicted octanol–water partition coefficient (Wildman–Crippen LogP) is 3.49. The lowest BCUT2D eigenvalue weighted by molar-refractivity contribution is 0.0573. The molecule has 1 amide bonds. The molecule has 162 valence electrons. The third-order valence-electron chi connectivity index (χ3n) is 5.57. The first-order valence-corrected chi connectivity index (χ1v) is 11.0. The van der Waals surface area contributed by atoms with E-state index in [1.54, 1.807) is 7.11 Å². The van der Waals surface area contributed by atoms with Crippen molar-refractivity contribution < 1.29 is 19.0 Å². The highest BCUT2D eigenvalue weighted by Crippen LogP contribution is 2.34. The van der Waals surface area contributed by atoms with Gasteiger partial charge in [0.1, 0.15) is 0 Å². The lowest BCUT2D eigenvalue weighted by Gasteiger charge is -2.37. The Morgan fingerprint density at radius 1 is 1.17 bits per heavy atom. The van der Waals surface area contributed by atoms with Crippen LogP contribution in [0.4, 0.5) is 0 Å². The number of nitrogens with one attached hydrogen (secondary N) is 1. The fraction of sp³-hybridized carbons (Fsp3) is 0.696. The fourth-order valence-corrected chi connectivity index (χ4v) is 3.79. The van der Waals surface area contributed by atoms with E-state index in [0.717, 1.165) is 38.1 Å². The number of nitrogens with zero attached hydrogens (tertiary/aromatic N) is 1. The van der Waals surface area contributed by atoms with Crippen LogP contribution in [0.15, 0.2) is 18.2 Å². The van der Waals surface area contributed by atoms with Crippen molar-refractivity contribution in [3.8, 4) is 11.5 Å². The molecule has 29 heavy (non-hydrogen) atoms. The molecule has 0 aromatic heterocycles. The van der Waals surface area contributed by atoms with E-state index in [2.05, 4.69) is 19.2 Å². The van der Waals surface area contributed by atoms with Gasteiger partial charge in [0.2, 0.25) is 0 Å². The fourth-order valence-electron chi connectivity index (χ4n) is 3.79. The lowest BCUT2D eigenvalue weighted by atomic mass is 10.0. The summed E-state index contributed by atoms with van der Waals surface area (Å²) in [5, 5.41) is 3.42. The molecule has 1 saturated heterocycles. The first kappa shape index (κ1) is 21.9. The number of benzene rings is 1. The first-order valence-electron chi connectivity index (χ1n) is 11.0. The average molecular weight is 405 g/mol. The van der Waals surface area contributed by atoms with Crippen LogP contribution < -0.4 is 14.8 Å². The molecule has 0 bridgehead atoms. The Morgan fingerprint density at radius 3 is 2.66 bits per heavy atom. The normalized spacial score (nSPS) is 19.2. The van der Waals surface area contributed by atoms with Gasteiger partial charge in [0.05, 0.1) is 13.2 Å². The molecule has 2 fully saturated rings. The highest BCUT2D eigenvalue weighted by molar-refractivity contribution is 5.95. The molecule has 1 heterocycles. The number of amides is 1. The standard InChI is InChI=1S/C23H36N2O4/c1-17(2)25(20-6-4-11-24-15-20)23(26)19-9-10-21(29-16-18-7-8-18)22(14-19)28-13-5-12-27-3/h9-10,14,17-18,20,24H,4-8,11-13,15-16H2,1-3H3. The van der Waals surface area contributed by atoms with Crippen molar-refractivity contribution in [3.63, 3.8) is 0 Å². The number of carbonyl (C=O) groups is 1. The molecule has 1 atom stereocenters. The van der Waals surface area contributed by atoms with E-state index in [1.807, 2.05) is 23.1 Å². The van der Waals surface area contributed by atoms with Crippen LogP contribution >= 0.6 is 0 Å². The molecule has 1 unspecified atom stereocenters. The zero-order valence-corrected chi connectivity index (χ0v) is 18.1. The van der Waals surface area contributed by atoms with E-state index in [9.17, 15) is 4.79 Å². The monoisotopic (exact) mass is 404 g/mol. The summed E-state index contributed by atoms with van der Waals surface area (Å²) in [6.07, 6.45) is 5.41. The first-order chi connectivity index (χ1) is 14.1. The van der Waals surface area contributed by atoms with Crippen molar-refractivity contribution in [1.29, 1.82) is 0 Å². The second-order valence-electron chi connectivity index (χ2n) is 8.42. The maximum Gasteiger partial charge on any atom is 0.254 e. The number of carbonyl (C=O) groups excluding carboxylic acids is 1. The molecule has 2 aliphatic rings. The third-order valence-corrected chi connectivity index (χ3v) is 5.57. The van der Waals surface area contributed by atoms with Crippen LogP contribution in [-0.2, 0) is 4.74 Å². The van der Waals surface area contributed by atoms with E-state index < -0.39 is 0 Å². The van der Waals surface area contributed by atoms with E-state index in [-0.39, 0.29) is 18.0 Å². The summed E-state index contributed by atoms with van der Waals surface area (Å²) in [6, 6.07) is 5.98. The number of methoxy groups -OCH3 is 1. The minimum Gasteiger partial charge on any atom is -0.490 e. The maximum absolute atomic E-state index is 13.4. The SMILES string of the molecule is COCCCOc1cc(C(=O)N(C(C)C)C2CCCNC2)ccc1OCC1CC1. The zero-order chi connectivity index (χ0) is 20.6. The van der Waals surface area contributed by atoms with Gasteiger partial charge in [-0.2, -0.15) is 0 Å². The molecule has 0 spiro atoms. The second-order valence-corrected chi connectivity index (χ2v) is 8.42. The lowest BCUT2D eigenvalue weighted by Crippen LogP contribution is -2.51. The summed E-state index contributed by atoms with van der Waals surface area (Å²) in [5.74, 6) is 2.09. The van der Waals surface area contributed by atoms with Crippen LogP contribution in [0.1, 0.15) is 56.3 Å². The topological polar surface area (TPSA) is 60.0 Å². The van der Waals surface area contributed by atoms with E-state index in [1.165, 1.54) is 12.8 Å². The van der Waals surface area contributed by atoms with E-state index in [0.29, 0.717) is 37.1 Å². The average Bonchev–Trinajstić information content (AvgIpc) is 3.55. The van der Waals surface area contributed by atoms with Gasteiger partial charge in [-0.15, -0.1) is 0 Å². The maximum atomic E-state index is 13.4. The summed E-state index contributed by atoms with van der Waals surface area (Å²) in [5.41, 5.74) is 0.657. The predicted molar refractivity (Wildman–Crippen MR) is 114 cm³/mol. The van der Waals surface area contributed by atoms with Crippen LogP contribution in [-0.4, -0.2) is 62.9 Å². The van der Waals surface area contributed by atoms with Gasteiger partial charge in [-0.1, -0.05) is 0 Å². The van der Waals surface area contributed by atoms with E-state index in [4.69, 9.17) is 14.2 Å². The third kappa shape index (κ3) is 6.34. The number of hydrogen-bond donors (Lipinski definition) is 1. The molecule has 1 N–H and O–H groups in total. The summed E-state index contributed by atoms with van der Waals surface area (Å²) < 4.78 is 17.1. The molecule has 6 heteroatoms. The Hall–Kier alpha value is -1.79. The van der Waals surface area contributed by atoms with Crippen LogP contribution in [0.5, 0.6) is 11.5 Å². The summed E-state index contributed by atoms with van der Waals surface area (Å²) >= 11 is 0. The molecule has 0 radical (unpaired) electrons. The van der Waals surface area contributed by atoms with Crippen molar-refractivity contribution in [3.05, 3.63) is 23.8 Å². The molecule has 1 saturated carbocycles. The van der Waals surface area contributed by atoms with Gasteiger partial charge in [0.25, 0.3) is 5.91 Å². The molecular weight excluding hydrogens is 368 g/mol. The summed E-state index contributed by atoms with van der Waals surface area (Å²) in [6.45, 7) is 7.95. The Balaban J connectivity index is 1.75. The van der Waals surface area contributed by atoms with Crippen molar-refractivity contribution in [2.24, 2.45) is 5.92 Å². The molecule has 1 aliphatic carbocycles. The van der Waals surface area contributed by atoms with Gasteiger partial charge < -0.3 is 24.4 Å².